The minimum atomic E-state index is 0.0445. The van der Waals surface area contributed by atoms with Crippen molar-refractivity contribution in [2.24, 2.45) is 0 Å². The van der Waals surface area contributed by atoms with Crippen LogP contribution in [-0.2, 0) is 0 Å². The van der Waals surface area contributed by atoms with Gasteiger partial charge in [0.25, 0.3) is 5.91 Å². The van der Waals surface area contributed by atoms with Crippen LogP contribution in [0.4, 0.5) is 0 Å². The summed E-state index contributed by atoms with van der Waals surface area (Å²) in [6, 6.07) is 13.4. The summed E-state index contributed by atoms with van der Waals surface area (Å²) in [7, 11) is 3.26. The molecule has 2 aromatic carbocycles. The second kappa shape index (κ2) is 10.4. The number of methoxy groups -OCH3 is 2. The van der Waals surface area contributed by atoms with E-state index in [1.807, 2.05) is 53.6 Å². The first-order valence-electron chi connectivity index (χ1n) is 9.76. The Kier molecular flexibility index (Phi) is 7.66. The van der Waals surface area contributed by atoms with Crippen molar-refractivity contribution in [3.63, 3.8) is 0 Å². The van der Waals surface area contributed by atoms with Gasteiger partial charge in [-0.1, -0.05) is 0 Å². The van der Waals surface area contributed by atoms with E-state index in [4.69, 9.17) is 14.2 Å². The van der Waals surface area contributed by atoms with Crippen molar-refractivity contribution in [3.05, 3.63) is 48.0 Å². The molecule has 0 atom stereocenters. The van der Waals surface area contributed by atoms with Gasteiger partial charge in [0, 0.05) is 4.90 Å². The SMILES string of the molecule is COc1ccc(OCC[NH+]2CCN(C(=O)c3ccc(SC)cc3OC)CC2)cc1. The second-order valence-electron chi connectivity index (χ2n) is 6.88. The van der Waals surface area contributed by atoms with Crippen molar-refractivity contribution < 1.29 is 23.9 Å². The number of quaternary nitrogens is 1. The minimum absolute atomic E-state index is 0.0445. The van der Waals surface area contributed by atoms with E-state index in [0.29, 0.717) is 17.9 Å². The van der Waals surface area contributed by atoms with E-state index in [0.717, 1.165) is 49.1 Å². The Hall–Kier alpha value is -2.38. The van der Waals surface area contributed by atoms with E-state index >= 15 is 0 Å². The average molecular weight is 418 g/mol. The van der Waals surface area contributed by atoms with E-state index in [1.165, 1.54) is 4.90 Å². The normalized spacial score (nSPS) is 14.5. The van der Waals surface area contributed by atoms with Gasteiger partial charge in [-0.2, -0.15) is 0 Å². The number of hydrogen-bond donors (Lipinski definition) is 1. The Morgan fingerprint density at radius 3 is 2.34 bits per heavy atom. The number of carbonyl (C=O) groups excluding carboxylic acids is 1. The number of benzene rings is 2. The molecule has 1 saturated heterocycles. The fourth-order valence-electron chi connectivity index (χ4n) is 3.41. The van der Waals surface area contributed by atoms with Gasteiger partial charge in [0.2, 0.25) is 0 Å². The number of rotatable bonds is 8. The summed E-state index contributed by atoms with van der Waals surface area (Å²) in [5.74, 6) is 2.36. The zero-order valence-corrected chi connectivity index (χ0v) is 18.1. The predicted molar refractivity (Wildman–Crippen MR) is 115 cm³/mol. The number of hydrogen-bond acceptors (Lipinski definition) is 5. The summed E-state index contributed by atoms with van der Waals surface area (Å²) < 4.78 is 16.4. The van der Waals surface area contributed by atoms with E-state index in [1.54, 1.807) is 26.0 Å². The third-order valence-electron chi connectivity index (χ3n) is 5.18. The molecule has 0 aromatic heterocycles. The van der Waals surface area contributed by atoms with Crippen LogP contribution >= 0.6 is 11.8 Å². The lowest BCUT2D eigenvalue weighted by Gasteiger charge is -2.32. The smallest absolute Gasteiger partial charge is 0.258 e. The first-order chi connectivity index (χ1) is 14.1. The molecule has 0 aliphatic carbocycles. The zero-order valence-electron chi connectivity index (χ0n) is 17.3. The molecule has 1 aliphatic heterocycles. The number of piperazine rings is 1. The molecule has 1 N–H and O–H groups in total. The number of thioether (sulfide) groups is 1. The maximum absolute atomic E-state index is 12.9. The van der Waals surface area contributed by atoms with Crippen molar-refractivity contribution in [3.8, 4) is 17.2 Å². The lowest BCUT2D eigenvalue weighted by molar-refractivity contribution is -0.903. The highest BCUT2D eigenvalue weighted by molar-refractivity contribution is 7.98. The van der Waals surface area contributed by atoms with Gasteiger partial charge >= 0.3 is 0 Å². The summed E-state index contributed by atoms with van der Waals surface area (Å²) in [5, 5.41) is 0. The second-order valence-corrected chi connectivity index (χ2v) is 7.76. The Morgan fingerprint density at radius 2 is 1.72 bits per heavy atom. The van der Waals surface area contributed by atoms with Crippen LogP contribution in [0.2, 0.25) is 0 Å². The van der Waals surface area contributed by atoms with Gasteiger partial charge in [-0.25, -0.2) is 0 Å². The summed E-state index contributed by atoms with van der Waals surface area (Å²) in [4.78, 5) is 17.4. The molecule has 1 aliphatic rings. The van der Waals surface area contributed by atoms with Crippen LogP contribution < -0.4 is 19.1 Å². The topological polar surface area (TPSA) is 52.4 Å². The lowest BCUT2D eigenvalue weighted by Crippen LogP contribution is -3.15. The summed E-state index contributed by atoms with van der Waals surface area (Å²) in [6.07, 6.45) is 2.01. The zero-order chi connectivity index (χ0) is 20.6. The van der Waals surface area contributed by atoms with Crippen molar-refractivity contribution in [2.45, 2.75) is 4.90 Å². The lowest BCUT2D eigenvalue weighted by atomic mass is 10.1. The average Bonchev–Trinajstić information content (AvgIpc) is 2.79. The standard InChI is InChI=1S/C22H28N2O4S/c1-26-17-4-6-18(7-5-17)28-15-14-23-10-12-24(13-11-23)22(25)20-9-8-19(29-3)16-21(20)27-2/h4-9,16H,10-15H2,1-3H3/p+1. The van der Waals surface area contributed by atoms with Gasteiger partial charge in [0.1, 0.15) is 30.4 Å². The van der Waals surface area contributed by atoms with Gasteiger partial charge in [-0.3, -0.25) is 4.79 Å². The molecule has 3 rings (SSSR count). The first-order valence-corrected chi connectivity index (χ1v) is 11.0. The van der Waals surface area contributed by atoms with E-state index in [2.05, 4.69) is 0 Å². The van der Waals surface area contributed by atoms with E-state index in [-0.39, 0.29) is 5.91 Å². The van der Waals surface area contributed by atoms with Crippen LogP contribution in [0.25, 0.3) is 0 Å². The number of nitrogens with zero attached hydrogens (tertiary/aromatic N) is 1. The highest BCUT2D eigenvalue weighted by Gasteiger charge is 2.26. The maximum Gasteiger partial charge on any atom is 0.258 e. The molecule has 7 heteroatoms. The van der Waals surface area contributed by atoms with Gasteiger partial charge in [-0.05, 0) is 48.7 Å². The van der Waals surface area contributed by atoms with Crippen LogP contribution in [0, 0.1) is 0 Å². The van der Waals surface area contributed by atoms with Crippen LogP contribution in [0.5, 0.6) is 17.2 Å². The van der Waals surface area contributed by atoms with E-state index in [9.17, 15) is 4.79 Å². The molecule has 0 saturated carbocycles. The Morgan fingerprint density at radius 1 is 1.03 bits per heavy atom. The fourth-order valence-corrected chi connectivity index (χ4v) is 3.84. The molecule has 1 fully saturated rings. The fraction of sp³-hybridized carbons (Fsp3) is 0.409. The van der Waals surface area contributed by atoms with Crippen LogP contribution in [0.3, 0.4) is 0 Å². The molecule has 0 bridgehead atoms. The van der Waals surface area contributed by atoms with E-state index < -0.39 is 0 Å². The largest absolute Gasteiger partial charge is 0.497 e. The Balaban J connectivity index is 1.46. The van der Waals surface area contributed by atoms with Crippen LogP contribution in [0.15, 0.2) is 47.4 Å². The number of ether oxygens (including phenoxy) is 3. The number of nitrogens with one attached hydrogen (secondary N) is 1. The summed E-state index contributed by atoms with van der Waals surface area (Å²) in [5.41, 5.74) is 0.636. The van der Waals surface area contributed by atoms with Crippen molar-refractivity contribution in [1.82, 2.24) is 4.90 Å². The summed E-state index contributed by atoms with van der Waals surface area (Å²) in [6.45, 7) is 4.89. The number of amides is 1. The Labute approximate surface area is 176 Å². The molecule has 0 unspecified atom stereocenters. The predicted octanol–water partition coefficient (Wildman–Crippen LogP) is 1.85. The van der Waals surface area contributed by atoms with Gasteiger partial charge in [0.05, 0.1) is 46.0 Å². The van der Waals surface area contributed by atoms with Crippen molar-refractivity contribution in [1.29, 1.82) is 0 Å². The van der Waals surface area contributed by atoms with Crippen molar-refractivity contribution >= 4 is 17.7 Å². The molecule has 1 amide bonds. The van der Waals surface area contributed by atoms with Crippen molar-refractivity contribution in [2.75, 3.05) is 59.8 Å². The maximum atomic E-state index is 12.9. The molecule has 0 spiro atoms. The summed E-state index contributed by atoms with van der Waals surface area (Å²) >= 11 is 1.64. The number of carbonyl (C=O) groups is 1. The minimum Gasteiger partial charge on any atom is -0.497 e. The van der Waals surface area contributed by atoms with Gasteiger partial charge in [0.15, 0.2) is 0 Å². The Bertz CT molecular complexity index is 805. The molecule has 0 radical (unpaired) electrons. The third kappa shape index (κ3) is 5.58. The molecule has 2 aromatic rings. The molecule has 156 valence electrons. The monoisotopic (exact) mass is 417 g/mol. The highest BCUT2D eigenvalue weighted by atomic mass is 32.2. The molecule has 1 heterocycles. The van der Waals surface area contributed by atoms with Crippen LogP contribution in [0.1, 0.15) is 10.4 Å². The quantitative estimate of drug-likeness (QED) is 0.665. The van der Waals surface area contributed by atoms with Gasteiger partial charge in [-0.15, -0.1) is 11.8 Å². The molecular formula is C22H29N2O4S+. The van der Waals surface area contributed by atoms with Crippen LogP contribution in [-0.4, -0.2) is 70.6 Å². The third-order valence-corrected chi connectivity index (χ3v) is 5.91. The van der Waals surface area contributed by atoms with Gasteiger partial charge < -0.3 is 24.0 Å². The first kappa shape index (κ1) is 21.3. The highest BCUT2D eigenvalue weighted by Crippen LogP contribution is 2.26. The molecule has 29 heavy (non-hydrogen) atoms. The molecule has 6 nitrogen and oxygen atoms in total. The molecular weight excluding hydrogens is 388 g/mol.